The quantitative estimate of drug-likeness (QED) is 0.668. The number of hydrogen-bond acceptors (Lipinski definition) is 3. The van der Waals surface area contributed by atoms with Crippen molar-refractivity contribution in [2.75, 3.05) is 26.4 Å². The second kappa shape index (κ2) is 9.72. The van der Waals surface area contributed by atoms with Gasteiger partial charge < -0.3 is 14.8 Å². The predicted octanol–water partition coefficient (Wildman–Crippen LogP) is 3.38. The van der Waals surface area contributed by atoms with Gasteiger partial charge in [0.2, 0.25) is 0 Å². The normalized spacial score (nSPS) is 11.1. The van der Waals surface area contributed by atoms with E-state index in [0.29, 0.717) is 25.7 Å². The molecule has 0 unspecified atom stereocenters. The molecule has 1 N–H and O–H groups in total. The van der Waals surface area contributed by atoms with E-state index >= 15 is 0 Å². The lowest BCUT2D eigenvalue weighted by molar-refractivity contribution is 0.100. The summed E-state index contributed by atoms with van der Waals surface area (Å²) in [6.45, 7) is 9.65. The molecule has 4 heteroatoms. The van der Waals surface area contributed by atoms with Crippen molar-refractivity contribution >= 4 is 0 Å². The van der Waals surface area contributed by atoms with Gasteiger partial charge >= 0.3 is 0 Å². The second-order valence-corrected chi connectivity index (χ2v) is 5.24. The fraction of sp³-hybridized carbons (Fsp3) is 0.625. The fourth-order valence-corrected chi connectivity index (χ4v) is 1.78. The van der Waals surface area contributed by atoms with E-state index in [1.807, 2.05) is 0 Å². The highest BCUT2D eigenvalue weighted by molar-refractivity contribution is 5.33. The molecule has 114 valence electrons. The van der Waals surface area contributed by atoms with E-state index < -0.39 is 0 Å². The van der Waals surface area contributed by atoms with Gasteiger partial charge in [-0.25, -0.2) is 4.39 Å². The van der Waals surface area contributed by atoms with Gasteiger partial charge in [0.25, 0.3) is 0 Å². The largest absolute Gasteiger partial charge is 0.491 e. The average Bonchev–Trinajstić information content (AvgIpc) is 2.40. The van der Waals surface area contributed by atoms with Crippen molar-refractivity contribution in [2.45, 2.75) is 33.7 Å². The summed E-state index contributed by atoms with van der Waals surface area (Å²) in [5.41, 5.74) is 0.848. The molecule has 1 aromatic rings. The summed E-state index contributed by atoms with van der Waals surface area (Å²) in [5.74, 6) is 1.05. The molecule has 0 aromatic heterocycles. The van der Waals surface area contributed by atoms with Crippen molar-refractivity contribution in [1.29, 1.82) is 0 Å². The van der Waals surface area contributed by atoms with Gasteiger partial charge in [0.05, 0.1) is 6.61 Å². The fourth-order valence-electron chi connectivity index (χ4n) is 1.78. The molecule has 0 aliphatic heterocycles. The number of hydrogen-bond donors (Lipinski definition) is 1. The topological polar surface area (TPSA) is 30.5 Å². The van der Waals surface area contributed by atoms with Crippen LogP contribution in [-0.4, -0.2) is 26.4 Å². The predicted molar refractivity (Wildman–Crippen MR) is 79.5 cm³/mol. The first-order chi connectivity index (χ1) is 9.63. The summed E-state index contributed by atoms with van der Waals surface area (Å²) in [5, 5.41) is 3.30. The van der Waals surface area contributed by atoms with Crippen molar-refractivity contribution in [3.05, 3.63) is 29.6 Å². The minimum Gasteiger partial charge on any atom is -0.491 e. The van der Waals surface area contributed by atoms with Crippen LogP contribution in [0.1, 0.15) is 32.8 Å². The Labute approximate surface area is 121 Å². The van der Waals surface area contributed by atoms with Gasteiger partial charge in [0.15, 0.2) is 0 Å². The van der Waals surface area contributed by atoms with Crippen LogP contribution in [0.5, 0.6) is 5.75 Å². The Bertz CT molecular complexity index is 383. The van der Waals surface area contributed by atoms with Gasteiger partial charge in [0.1, 0.15) is 18.2 Å². The lowest BCUT2D eigenvalue weighted by Gasteiger charge is -2.13. The van der Waals surface area contributed by atoms with Gasteiger partial charge in [-0.3, -0.25) is 0 Å². The Morgan fingerprint density at radius 2 is 2.00 bits per heavy atom. The second-order valence-electron chi connectivity index (χ2n) is 5.24. The zero-order valence-corrected chi connectivity index (χ0v) is 12.7. The summed E-state index contributed by atoms with van der Waals surface area (Å²) in [6.07, 6.45) is 1.00. The highest BCUT2D eigenvalue weighted by atomic mass is 19.1. The van der Waals surface area contributed by atoms with E-state index in [-0.39, 0.29) is 5.82 Å². The first-order valence-electron chi connectivity index (χ1n) is 7.33. The van der Waals surface area contributed by atoms with Crippen LogP contribution >= 0.6 is 0 Å². The van der Waals surface area contributed by atoms with Crippen molar-refractivity contribution in [3.8, 4) is 5.75 Å². The van der Waals surface area contributed by atoms with E-state index in [4.69, 9.17) is 9.47 Å². The summed E-state index contributed by atoms with van der Waals surface area (Å²) < 4.78 is 24.3. The zero-order valence-electron chi connectivity index (χ0n) is 12.7. The lowest BCUT2D eigenvalue weighted by Crippen LogP contribution is -2.20. The SMILES string of the molecule is CCCOCCOc1ccc(F)cc1CNCC(C)C. The van der Waals surface area contributed by atoms with Gasteiger partial charge in [0, 0.05) is 18.7 Å². The maximum absolute atomic E-state index is 13.3. The van der Waals surface area contributed by atoms with Crippen molar-refractivity contribution in [3.63, 3.8) is 0 Å². The highest BCUT2D eigenvalue weighted by Gasteiger charge is 2.06. The molecule has 1 aromatic carbocycles. The molecule has 0 bridgehead atoms. The summed E-state index contributed by atoms with van der Waals surface area (Å²) in [4.78, 5) is 0. The third-order valence-electron chi connectivity index (χ3n) is 2.72. The monoisotopic (exact) mass is 283 g/mol. The molecule has 0 radical (unpaired) electrons. The molecule has 1 rings (SSSR count). The molecule has 0 aliphatic carbocycles. The van der Waals surface area contributed by atoms with Crippen LogP contribution in [0.25, 0.3) is 0 Å². The zero-order chi connectivity index (χ0) is 14.8. The van der Waals surface area contributed by atoms with Crippen LogP contribution in [0.15, 0.2) is 18.2 Å². The van der Waals surface area contributed by atoms with Crippen molar-refractivity contribution < 1.29 is 13.9 Å². The lowest BCUT2D eigenvalue weighted by atomic mass is 10.1. The Morgan fingerprint density at radius 1 is 1.20 bits per heavy atom. The molecule has 0 atom stereocenters. The highest BCUT2D eigenvalue weighted by Crippen LogP contribution is 2.19. The van der Waals surface area contributed by atoms with Crippen molar-refractivity contribution in [1.82, 2.24) is 5.32 Å². The molecule has 20 heavy (non-hydrogen) atoms. The summed E-state index contributed by atoms with van der Waals surface area (Å²) in [6, 6.07) is 4.63. The van der Waals surface area contributed by atoms with Gasteiger partial charge in [-0.2, -0.15) is 0 Å². The van der Waals surface area contributed by atoms with Crippen molar-refractivity contribution in [2.24, 2.45) is 5.92 Å². The molecule has 0 heterocycles. The standard InChI is InChI=1S/C16H26FNO2/c1-4-7-19-8-9-20-16-6-5-15(17)10-14(16)12-18-11-13(2)3/h5-6,10,13,18H,4,7-9,11-12H2,1-3H3. The Morgan fingerprint density at radius 3 is 2.70 bits per heavy atom. The molecule has 0 amide bonds. The van der Waals surface area contributed by atoms with Crippen LogP contribution in [0.4, 0.5) is 4.39 Å². The molecular formula is C16H26FNO2. The van der Waals surface area contributed by atoms with E-state index in [9.17, 15) is 4.39 Å². The molecule has 0 saturated heterocycles. The van der Waals surface area contributed by atoms with Crippen LogP contribution in [0.2, 0.25) is 0 Å². The molecular weight excluding hydrogens is 257 g/mol. The maximum atomic E-state index is 13.3. The van der Waals surface area contributed by atoms with E-state index in [1.165, 1.54) is 12.1 Å². The number of halogens is 1. The third kappa shape index (κ3) is 6.87. The van der Waals surface area contributed by atoms with E-state index in [2.05, 4.69) is 26.1 Å². The number of nitrogens with one attached hydrogen (secondary N) is 1. The van der Waals surface area contributed by atoms with Gasteiger partial charge in [-0.15, -0.1) is 0 Å². The minimum absolute atomic E-state index is 0.235. The molecule has 0 saturated carbocycles. The molecule has 3 nitrogen and oxygen atoms in total. The summed E-state index contributed by atoms with van der Waals surface area (Å²) in [7, 11) is 0. The van der Waals surface area contributed by atoms with Crippen LogP contribution < -0.4 is 10.1 Å². The molecule has 0 fully saturated rings. The van der Waals surface area contributed by atoms with Gasteiger partial charge in [-0.1, -0.05) is 20.8 Å². The first-order valence-corrected chi connectivity index (χ1v) is 7.33. The third-order valence-corrected chi connectivity index (χ3v) is 2.72. The first kappa shape index (κ1) is 16.9. The average molecular weight is 283 g/mol. The Kier molecular flexibility index (Phi) is 8.23. The van der Waals surface area contributed by atoms with Crippen LogP contribution in [0.3, 0.4) is 0 Å². The number of benzene rings is 1. The maximum Gasteiger partial charge on any atom is 0.124 e. The van der Waals surface area contributed by atoms with Crippen LogP contribution in [-0.2, 0) is 11.3 Å². The van der Waals surface area contributed by atoms with Crippen LogP contribution in [0, 0.1) is 11.7 Å². The minimum atomic E-state index is -0.235. The molecule has 0 spiro atoms. The van der Waals surface area contributed by atoms with E-state index in [0.717, 1.165) is 30.9 Å². The Balaban J connectivity index is 2.47. The smallest absolute Gasteiger partial charge is 0.124 e. The number of ether oxygens (including phenoxy) is 2. The summed E-state index contributed by atoms with van der Waals surface area (Å²) >= 11 is 0. The molecule has 0 aliphatic rings. The number of rotatable bonds is 10. The van der Waals surface area contributed by atoms with E-state index in [1.54, 1.807) is 6.07 Å². The van der Waals surface area contributed by atoms with Gasteiger partial charge in [-0.05, 0) is 37.1 Å². The Hall–Kier alpha value is -1.13.